The Hall–Kier alpha value is -13.3. The lowest BCUT2D eigenvalue weighted by Crippen LogP contribution is -2.30. The van der Waals surface area contributed by atoms with E-state index in [9.17, 15) is 47.1 Å². The molecule has 0 bridgehead atoms. The van der Waals surface area contributed by atoms with Crippen LogP contribution in [-0.2, 0) is 52.4 Å². The summed E-state index contributed by atoms with van der Waals surface area (Å²) in [4.78, 5) is 139. The highest BCUT2D eigenvalue weighted by atomic mass is 35.5. The second-order valence-corrected chi connectivity index (χ2v) is 28.7. The van der Waals surface area contributed by atoms with E-state index in [4.69, 9.17) is 16.3 Å². The first-order valence-corrected chi connectivity index (χ1v) is 38.0. The van der Waals surface area contributed by atoms with Crippen LogP contribution in [0, 0.1) is 67.0 Å². The van der Waals surface area contributed by atoms with Gasteiger partial charge in [-0.2, -0.15) is 19.9 Å². The highest BCUT2D eigenvalue weighted by Crippen LogP contribution is 2.29. The molecule has 0 saturated carbocycles. The third-order valence-electron chi connectivity index (χ3n) is 20.2. The maximum absolute atomic E-state index is 13.8. The highest BCUT2D eigenvalue weighted by molar-refractivity contribution is 6.31. The molecule has 0 aromatic heterocycles. The minimum absolute atomic E-state index is 0.120. The summed E-state index contributed by atoms with van der Waals surface area (Å²) in [6.07, 6.45) is 0. The van der Waals surface area contributed by atoms with Crippen LogP contribution in [0.4, 0.5) is 8.78 Å². The van der Waals surface area contributed by atoms with Gasteiger partial charge in [-0.05, 0) is 190 Å². The van der Waals surface area contributed by atoms with E-state index in [0.717, 1.165) is 89.0 Å². The topological polar surface area (TPSA) is 380 Å². The molecule has 8 aromatic rings. The number of rotatable bonds is 21. The molecule has 16 rings (SSSR count). The Labute approximate surface area is 670 Å². The van der Waals surface area contributed by atoms with Crippen LogP contribution < -0.4 is 71.0 Å². The Morgan fingerprint density at radius 1 is 0.350 bits per heavy atom. The predicted molar refractivity (Wildman–Crippen MR) is 446 cm³/mol. The van der Waals surface area contributed by atoms with E-state index in [-0.39, 0.29) is 51.9 Å². The molecule has 29 nitrogen and oxygen atoms in total. The van der Waals surface area contributed by atoms with Crippen molar-refractivity contribution >= 4 is 55.7 Å². The van der Waals surface area contributed by atoms with Crippen LogP contribution in [0.2, 0.25) is 5.02 Å². The number of fused-ring (bicyclic) bond motifs is 8. The number of methoxy groups -OCH3 is 1. The lowest BCUT2D eigenvalue weighted by molar-refractivity contribution is 0.407. The van der Waals surface area contributed by atoms with Crippen molar-refractivity contribution < 1.29 is 13.5 Å². The Balaban J connectivity index is 0.000000135. The number of H-pyrrole nitrogens is 4. The number of para-hydroxylation sites is 1. The summed E-state index contributed by atoms with van der Waals surface area (Å²) in [7, 11) is 1.65. The van der Waals surface area contributed by atoms with Crippen LogP contribution in [0.25, 0.3) is 90.2 Å². The Kier molecular flexibility index (Phi) is 25.1. The molecule has 598 valence electrons. The second kappa shape index (κ2) is 36.0. The van der Waals surface area contributed by atoms with Crippen molar-refractivity contribution in [3.63, 3.8) is 0 Å². The Bertz CT molecular complexity index is 6610. The summed E-state index contributed by atoms with van der Waals surface area (Å²) in [6.45, 7) is 22.2. The van der Waals surface area contributed by atoms with E-state index < -0.39 is 45.0 Å². The highest BCUT2D eigenvalue weighted by Gasteiger charge is 2.25. The molecule has 0 amide bonds. The van der Waals surface area contributed by atoms with Crippen LogP contribution >= 0.6 is 11.6 Å². The van der Waals surface area contributed by atoms with Crippen molar-refractivity contribution in [2.45, 2.75) is 108 Å². The smallest absolute Gasteiger partial charge is 0.349 e. The van der Waals surface area contributed by atoms with Crippen LogP contribution in [0.3, 0.4) is 0 Å². The summed E-state index contributed by atoms with van der Waals surface area (Å²) >= 11 is 6.21. The van der Waals surface area contributed by atoms with Gasteiger partial charge in [-0.3, -0.25) is 39.1 Å². The monoisotopic (exact) mass is 1600 g/mol. The fourth-order valence-corrected chi connectivity index (χ4v) is 13.8. The maximum atomic E-state index is 13.8. The van der Waals surface area contributed by atoms with E-state index in [2.05, 4.69) is 81.1 Å². The van der Waals surface area contributed by atoms with Gasteiger partial charge in [0.2, 0.25) is 0 Å². The number of hydrogen-bond donors (Lipinski definition) is 8. The Morgan fingerprint density at radius 2 is 0.658 bits per heavy atom. The van der Waals surface area contributed by atoms with Gasteiger partial charge in [0.05, 0.1) is 51.2 Å². The first-order chi connectivity index (χ1) is 56.3. The van der Waals surface area contributed by atoms with E-state index in [0.29, 0.717) is 117 Å². The Morgan fingerprint density at radius 3 is 1.01 bits per heavy atom. The van der Waals surface area contributed by atoms with E-state index in [1.165, 1.54) is 18.2 Å². The van der Waals surface area contributed by atoms with Crippen LogP contribution in [0.15, 0.2) is 184 Å². The molecular formula is C85H83ClF2N20O9. The summed E-state index contributed by atoms with van der Waals surface area (Å²) in [5.41, 5.74) is 13.7. The molecule has 8 aromatic carbocycles. The zero-order valence-corrected chi connectivity index (χ0v) is 66.3. The number of aromatic amines is 4. The summed E-state index contributed by atoms with van der Waals surface area (Å²) in [5, 5.41) is 13.9. The molecule has 117 heavy (non-hydrogen) atoms. The third-order valence-corrected chi connectivity index (χ3v) is 20.6. The molecule has 32 heteroatoms. The number of ether oxygens (including phenoxy) is 1. The average Bonchev–Trinajstić information content (AvgIpc) is 0.773. The first-order valence-electron chi connectivity index (χ1n) is 37.6. The molecule has 0 aliphatic carbocycles. The predicted octanol–water partition coefficient (Wildman–Crippen LogP) is 8.91. The minimum Gasteiger partial charge on any atom is -0.496 e. The number of aryl methyl sites for hydroxylation is 8. The molecule has 8 aliphatic rings. The maximum Gasteiger partial charge on any atom is 0.349 e. The number of benzene rings is 8. The van der Waals surface area contributed by atoms with E-state index in [1.807, 2.05) is 177 Å². The van der Waals surface area contributed by atoms with Gasteiger partial charge in [-0.15, -0.1) is 0 Å². The fraction of sp³-hybridized carbons (Fsp3) is 0.247. The van der Waals surface area contributed by atoms with Crippen LogP contribution in [-0.4, -0.2) is 111 Å². The molecule has 8 heterocycles. The van der Waals surface area contributed by atoms with Gasteiger partial charge in [0.25, 0.3) is 22.2 Å². The SMILES string of the molecule is COc1ccccc1CNCCn1c2nc(=O)[nH]c(=O)c-2nc2cc(C)c(C)cc21.Cc1cc2nc3c(=O)[nH]c(=O)nc-3n(CCNCc3cccc(F)c3)c2cc1C.Cc1cc2nc3c(=O)[nH]c(=O)nc-3n(CCNCc3ccccc3Cl)c2cc1C.Cc1cc2nc3c(=O)[nH]c(=O)nc-3n(CCNCc3ccccc3F)c2cc1C. The number of aromatic nitrogens is 16. The van der Waals surface area contributed by atoms with Gasteiger partial charge in [0, 0.05) is 94.7 Å². The van der Waals surface area contributed by atoms with Gasteiger partial charge in [-0.1, -0.05) is 78.3 Å². The van der Waals surface area contributed by atoms with Gasteiger partial charge in [-0.25, -0.2) is 47.9 Å². The molecular weight excluding hydrogens is 1520 g/mol. The second-order valence-electron chi connectivity index (χ2n) is 28.3. The van der Waals surface area contributed by atoms with Crippen molar-refractivity contribution in [3.8, 4) is 51.8 Å². The van der Waals surface area contributed by atoms with Crippen LogP contribution in [0.1, 0.15) is 66.8 Å². The number of nitrogens with one attached hydrogen (secondary N) is 8. The van der Waals surface area contributed by atoms with Gasteiger partial charge in [0.1, 0.15) is 17.4 Å². The molecule has 0 unspecified atom stereocenters. The summed E-state index contributed by atoms with van der Waals surface area (Å²) in [5.74, 6) is 1.36. The van der Waals surface area contributed by atoms with Crippen molar-refractivity contribution in [2.75, 3.05) is 33.3 Å². The van der Waals surface area contributed by atoms with Gasteiger partial charge in [0.15, 0.2) is 46.1 Å². The number of nitrogens with zero attached hydrogens (tertiary/aromatic N) is 12. The summed E-state index contributed by atoms with van der Waals surface area (Å²) < 4.78 is 39.9. The quantitative estimate of drug-likeness (QED) is 0.0246. The van der Waals surface area contributed by atoms with E-state index in [1.54, 1.807) is 31.4 Å². The zero-order valence-electron chi connectivity index (χ0n) is 65.5. The van der Waals surface area contributed by atoms with Crippen molar-refractivity contribution in [3.05, 3.63) is 312 Å². The zero-order chi connectivity index (χ0) is 82.9. The molecule has 0 atom stereocenters. The van der Waals surface area contributed by atoms with Crippen molar-refractivity contribution in [1.29, 1.82) is 0 Å². The van der Waals surface area contributed by atoms with Gasteiger partial charge >= 0.3 is 22.8 Å². The van der Waals surface area contributed by atoms with Crippen LogP contribution in [0.5, 0.6) is 5.75 Å². The molecule has 0 radical (unpaired) electrons. The summed E-state index contributed by atoms with van der Waals surface area (Å²) in [6, 6.07) is 44.2. The standard InChI is InChI=1S/C22H23N5O3.C21H20ClN5O2.2C21H20FN5O2/c1-13-10-16-17(11-14(13)2)27(20-19(24-16)21(28)26-22(29)25-20)9-8-23-12-15-6-4-5-7-18(15)30-3;1-12-9-16-17(10-13(12)2)27(19-18(24-16)20(28)26-21(29)25-19)8-7-23-11-14-5-3-4-6-15(14)22;1-12-8-16-17(9-13(12)2)27(19-18(24-16)20(28)26-21(29)25-19)7-6-23-11-14-4-3-5-15(22)10-14;1-12-9-16-17(10-13(12)2)27(19-18(24-16)20(28)26-21(29)25-19)8-7-23-11-14-5-3-4-6-15(14)22/h4-7,10-11,23H,8-9,12H2,1-3H3,(H,26,28,29);3-6,9-10,23H,7-8,11H2,1-2H3,(H,26,28,29);3-5,8-10,23H,6-7,11H2,1-2H3,(H,26,28,29);3-6,9-10,23H,7-8,11H2,1-2H3,(H,26,28,29). The average molecular weight is 1600 g/mol. The molecule has 0 spiro atoms. The molecule has 0 fully saturated rings. The van der Waals surface area contributed by atoms with Gasteiger partial charge < -0.3 is 44.3 Å². The normalized spacial score (nSPS) is 11.4. The lowest BCUT2D eigenvalue weighted by Gasteiger charge is -2.18. The number of halogens is 3. The lowest BCUT2D eigenvalue weighted by atomic mass is 10.1. The number of hydrogen-bond acceptors (Lipinski definition) is 21. The fourth-order valence-electron chi connectivity index (χ4n) is 13.5. The molecule has 0 saturated heterocycles. The molecule has 8 aliphatic heterocycles. The minimum atomic E-state index is -0.708. The first kappa shape index (κ1) is 81.7. The largest absolute Gasteiger partial charge is 0.496 e. The van der Waals surface area contributed by atoms with Crippen molar-refractivity contribution in [1.82, 2.24) is 99.3 Å². The third kappa shape index (κ3) is 18.7. The van der Waals surface area contributed by atoms with E-state index >= 15 is 0 Å². The molecule has 8 N–H and O–H groups in total. The van der Waals surface area contributed by atoms with Crippen molar-refractivity contribution in [2.24, 2.45) is 0 Å².